The third-order valence-corrected chi connectivity index (χ3v) is 1.98. The molecule has 0 aliphatic rings. The molecule has 0 aromatic rings. The number of hydrogen-bond donors (Lipinski definition) is 3. The number of amides is 2. The van der Waals surface area contributed by atoms with E-state index in [1.807, 2.05) is 7.05 Å². The molecule has 4 heteroatoms. The molecule has 0 bridgehead atoms. The molecule has 0 aliphatic heterocycles. The minimum atomic E-state index is -0.0543. The fourth-order valence-electron chi connectivity index (χ4n) is 1.13. The van der Waals surface area contributed by atoms with Gasteiger partial charge in [-0.2, -0.15) is 0 Å². The van der Waals surface area contributed by atoms with E-state index in [9.17, 15) is 4.79 Å². The largest absolute Gasteiger partial charge is 0.338 e. The molecule has 0 rings (SSSR count). The van der Waals surface area contributed by atoms with Crippen LogP contribution in [-0.2, 0) is 0 Å². The second kappa shape index (κ2) is 8.81. The predicted molar refractivity (Wildman–Crippen MR) is 59.4 cm³/mol. The van der Waals surface area contributed by atoms with Gasteiger partial charge in [-0.25, -0.2) is 4.79 Å². The number of hydrogen-bond acceptors (Lipinski definition) is 2. The van der Waals surface area contributed by atoms with Gasteiger partial charge in [0.1, 0.15) is 0 Å². The fourth-order valence-corrected chi connectivity index (χ4v) is 1.13. The third kappa shape index (κ3) is 7.86. The summed E-state index contributed by atoms with van der Waals surface area (Å²) in [5.74, 6) is 0.469. The zero-order valence-corrected chi connectivity index (χ0v) is 9.52. The van der Waals surface area contributed by atoms with Crippen LogP contribution in [0.1, 0.15) is 26.7 Å². The van der Waals surface area contributed by atoms with Crippen molar-refractivity contribution in [1.29, 1.82) is 0 Å². The van der Waals surface area contributed by atoms with Crippen LogP contribution in [0.3, 0.4) is 0 Å². The molecule has 4 nitrogen and oxygen atoms in total. The first-order chi connectivity index (χ1) is 6.70. The SMILES string of the molecule is CCCCNC(=O)NCC(C)CNC. The molecular weight excluding hydrogens is 178 g/mol. The van der Waals surface area contributed by atoms with Crippen molar-refractivity contribution in [3.05, 3.63) is 0 Å². The van der Waals surface area contributed by atoms with Gasteiger partial charge in [-0.1, -0.05) is 20.3 Å². The van der Waals surface area contributed by atoms with E-state index in [1.54, 1.807) is 0 Å². The normalized spacial score (nSPS) is 12.2. The lowest BCUT2D eigenvalue weighted by Crippen LogP contribution is -2.39. The maximum absolute atomic E-state index is 11.2. The van der Waals surface area contributed by atoms with E-state index >= 15 is 0 Å². The molecule has 1 unspecified atom stereocenters. The smallest absolute Gasteiger partial charge is 0.314 e. The van der Waals surface area contributed by atoms with Crippen molar-refractivity contribution in [2.75, 3.05) is 26.7 Å². The first-order valence-electron chi connectivity index (χ1n) is 5.37. The highest BCUT2D eigenvalue weighted by Gasteiger charge is 2.02. The van der Waals surface area contributed by atoms with Gasteiger partial charge in [0.05, 0.1) is 0 Å². The Bertz CT molecular complexity index is 150. The molecule has 84 valence electrons. The van der Waals surface area contributed by atoms with Crippen LogP contribution in [0.5, 0.6) is 0 Å². The molecule has 0 aromatic heterocycles. The van der Waals surface area contributed by atoms with Crippen LogP contribution < -0.4 is 16.0 Å². The minimum Gasteiger partial charge on any atom is -0.338 e. The summed E-state index contributed by atoms with van der Waals surface area (Å²) in [6.07, 6.45) is 2.15. The van der Waals surface area contributed by atoms with Gasteiger partial charge in [0.15, 0.2) is 0 Å². The topological polar surface area (TPSA) is 53.2 Å². The van der Waals surface area contributed by atoms with E-state index in [2.05, 4.69) is 29.8 Å². The van der Waals surface area contributed by atoms with Crippen molar-refractivity contribution in [1.82, 2.24) is 16.0 Å². The van der Waals surface area contributed by atoms with Crippen LogP contribution in [0.2, 0.25) is 0 Å². The Morgan fingerprint density at radius 2 is 2.00 bits per heavy atom. The van der Waals surface area contributed by atoms with Crippen LogP contribution in [0, 0.1) is 5.92 Å². The van der Waals surface area contributed by atoms with E-state index in [1.165, 1.54) is 0 Å². The Kier molecular flexibility index (Phi) is 8.33. The molecule has 2 amide bonds. The van der Waals surface area contributed by atoms with Gasteiger partial charge in [-0.15, -0.1) is 0 Å². The lowest BCUT2D eigenvalue weighted by molar-refractivity contribution is 0.239. The Balaban J connectivity index is 3.34. The number of rotatable bonds is 7. The molecule has 0 aliphatic carbocycles. The maximum Gasteiger partial charge on any atom is 0.314 e. The molecule has 3 N–H and O–H groups in total. The Morgan fingerprint density at radius 3 is 2.57 bits per heavy atom. The number of carbonyl (C=O) groups excluding carboxylic acids is 1. The van der Waals surface area contributed by atoms with Crippen molar-refractivity contribution in [2.45, 2.75) is 26.7 Å². The number of carbonyl (C=O) groups is 1. The zero-order valence-electron chi connectivity index (χ0n) is 9.52. The van der Waals surface area contributed by atoms with Crippen molar-refractivity contribution in [2.24, 2.45) is 5.92 Å². The summed E-state index contributed by atoms with van der Waals surface area (Å²) in [6.45, 7) is 6.62. The van der Waals surface area contributed by atoms with E-state index < -0.39 is 0 Å². The van der Waals surface area contributed by atoms with Crippen molar-refractivity contribution < 1.29 is 4.79 Å². The average Bonchev–Trinajstić information content (AvgIpc) is 2.16. The molecule has 0 fully saturated rings. The molecule has 0 spiro atoms. The molecule has 1 atom stereocenters. The van der Waals surface area contributed by atoms with Gasteiger partial charge in [0.25, 0.3) is 0 Å². The molecule has 14 heavy (non-hydrogen) atoms. The average molecular weight is 201 g/mol. The van der Waals surface area contributed by atoms with E-state index in [0.29, 0.717) is 5.92 Å². The second-order valence-electron chi connectivity index (χ2n) is 3.65. The van der Waals surface area contributed by atoms with Crippen LogP contribution in [-0.4, -0.2) is 32.7 Å². The van der Waals surface area contributed by atoms with Gasteiger partial charge in [0, 0.05) is 13.1 Å². The van der Waals surface area contributed by atoms with Gasteiger partial charge >= 0.3 is 6.03 Å². The van der Waals surface area contributed by atoms with Crippen molar-refractivity contribution in [3.8, 4) is 0 Å². The van der Waals surface area contributed by atoms with E-state index in [4.69, 9.17) is 0 Å². The first-order valence-corrected chi connectivity index (χ1v) is 5.37. The summed E-state index contributed by atoms with van der Waals surface area (Å²) < 4.78 is 0. The Morgan fingerprint density at radius 1 is 1.29 bits per heavy atom. The predicted octanol–water partition coefficient (Wildman–Crippen LogP) is 0.941. The molecule has 0 heterocycles. The summed E-state index contributed by atoms with van der Waals surface area (Å²) in [5, 5.41) is 8.72. The summed E-state index contributed by atoms with van der Waals surface area (Å²) in [6, 6.07) is -0.0543. The van der Waals surface area contributed by atoms with Crippen LogP contribution in [0.4, 0.5) is 4.79 Å². The van der Waals surface area contributed by atoms with Gasteiger partial charge < -0.3 is 16.0 Å². The molecule has 0 saturated heterocycles. The maximum atomic E-state index is 11.2. The highest BCUT2D eigenvalue weighted by Crippen LogP contribution is 1.88. The van der Waals surface area contributed by atoms with Crippen molar-refractivity contribution in [3.63, 3.8) is 0 Å². The fraction of sp³-hybridized carbons (Fsp3) is 0.900. The lowest BCUT2D eigenvalue weighted by Gasteiger charge is -2.12. The second-order valence-corrected chi connectivity index (χ2v) is 3.65. The van der Waals surface area contributed by atoms with Crippen LogP contribution >= 0.6 is 0 Å². The molecule has 0 saturated carbocycles. The number of nitrogens with one attached hydrogen (secondary N) is 3. The van der Waals surface area contributed by atoms with Gasteiger partial charge in [-0.05, 0) is 25.9 Å². The van der Waals surface area contributed by atoms with E-state index in [-0.39, 0.29) is 6.03 Å². The molecule has 0 aromatic carbocycles. The number of unbranched alkanes of at least 4 members (excludes halogenated alkanes) is 1. The quantitative estimate of drug-likeness (QED) is 0.537. The summed E-state index contributed by atoms with van der Waals surface area (Å²) in [5.41, 5.74) is 0. The monoisotopic (exact) mass is 201 g/mol. The summed E-state index contributed by atoms with van der Waals surface area (Å²) in [4.78, 5) is 11.2. The van der Waals surface area contributed by atoms with Gasteiger partial charge in [-0.3, -0.25) is 0 Å². The zero-order chi connectivity index (χ0) is 10.8. The van der Waals surface area contributed by atoms with Crippen LogP contribution in [0.25, 0.3) is 0 Å². The third-order valence-electron chi connectivity index (χ3n) is 1.98. The lowest BCUT2D eigenvalue weighted by atomic mass is 10.2. The Hall–Kier alpha value is -0.770. The summed E-state index contributed by atoms with van der Waals surface area (Å²) in [7, 11) is 1.91. The van der Waals surface area contributed by atoms with Crippen LogP contribution in [0.15, 0.2) is 0 Å². The standard InChI is InChI=1S/C10H23N3O/c1-4-5-6-12-10(14)13-8-9(2)7-11-3/h9,11H,4-8H2,1-3H3,(H2,12,13,14). The highest BCUT2D eigenvalue weighted by molar-refractivity contribution is 5.73. The minimum absolute atomic E-state index is 0.0543. The number of urea groups is 1. The van der Waals surface area contributed by atoms with Crippen molar-refractivity contribution >= 4 is 6.03 Å². The summed E-state index contributed by atoms with van der Waals surface area (Å²) >= 11 is 0. The van der Waals surface area contributed by atoms with E-state index in [0.717, 1.165) is 32.5 Å². The van der Waals surface area contributed by atoms with Gasteiger partial charge in [0.2, 0.25) is 0 Å². The Labute approximate surface area is 86.8 Å². The first kappa shape index (κ1) is 13.2. The molecular formula is C10H23N3O. The molecule has 0 radical (unpaired) electrons. The highest BCUT2D eigenvalue weighted by atomic mass is 16.2.